The molecule has 4 rings (SSSR count). The van der Waals surface area contributed by atoms with E-state index in [1.807, 2.05) is 39.0 Å². The molecule has 1 N–H and O–H groups in total. The first-order valence-electron chi connectivity index (χ1n) is 10.9. The van der Waals surface area contributed by atoms with E-state index < -0.39 is 15.6 Å². The quantitative estimate of drug-likeness (QED) is 0.770. The molecule has 0 aromatic heterocycles. The van der Waals surface area contributed by atoms with Crippen LogP contribution in [-0.4, -0.2) is 37.3 Å². The highest BCUT2D eigenvalue weighted by molar-refractivity contribution is 7.89. The van der Waals surface area contributed by atoms with Crippen molar-refractivity contribution in [1.82, 2.24) is 9.62 Å². The summed E-state index contributed by atoms with van der Waals surface area (Å²) in [5.41, 5.74) is 1.97. The van der Waals surface area contributed by atoms with Gasteiger partial charge in [0.2, 0.25) is 10.0 Å². The van der Waals surface area contributed by atoms with Crippen LogP contribution in [0.15, 0.2) is 47.4 Å². The lowest BCUT2D eigenvalue weighted by Crippen LogP contribution is -2.41. The first-order valence-corrected chi connectivity index (χ1v) is 12.3. The largest absolute Gasteiger partial charge is 0.487 e. The van der Waals surface area contributed by atoms with Crippen LogP contribution in [0.3, 0.4) is 0 Å². The van der Waals surface area contributed by atoms with E-state index in [2.05, 4.69) is 5.32 Å². The van der Waals surface area contributed by atoms with Crippen molar-refractivity contribution >= 4 is 15.9 Å². The summed E-state index contributed by atoms with van der Waals surface area (Å²) in [7, 11) is -3.59. The van der Waals surface area contributed by atoms with E-state index in [-0.39, 0.29) is 16.8 Å². The average Bonchev–Trinajstić information content (AvgIpc) is 2.74. The van der Waals surface area contributed by atoms with Gasteiger partial charge in [-0.2, -0.15) is 4.31 Å². The number of benzene rings is 2. The minimum absolute atomic E-state index is 0.172. The fraction of sp³-hybridized carbons (Fsp3) is 0.458. The number of fused-ring (bicyclic) bond motifs is 1. The van der Waals surface area contributed by atoms with Crippen molar-refractivity contribution in [2.45, 2.75) is 63.0 Å². The molecular weight excluding hydrogens is 412 g/mol. The highest BCUT2D eigenvalue weighted by Crippen LogP contribution is 2.40. The number of amides is 1. The zero-order valence-electron chi connectivity index (χ0n) is 18.3. The van der Waals surface area contributed by atoms with E-state index >= 15 is 0 Å². The third-order valence-corrected chi connectivity index (χ3v) is 7.87. The van der Waals surface area contributed by atoms with Crippen LogP contribution in [-0.2, 0) is 10.0 Å². The molecule has 1 fully saturated rings. The molecule has 6 nitrogen and oxygen atoms in total. The molecule has 7 heteroatoms. The van der Waals surface area contributed by atoms with Crippen molar-refractivity contribution in [2.75, 3.05) is 13.1 Å². The Morgan fingerprint density at radius 3 is 2.58 bits per heavy atom. The normalized spacial score (nSPS) is 21.1. The maximum absolute atomic E-state index is 13.1. The number of hydrogen-bond acceptors (Lipinski definition) is 4. The van der Waals surface area contributed by atoms with Crippen LogP contribution < -0.4 is 10.1 Å². The number of rotatable bonds is 4. The topological polar surface area (TPSA) is 75.7 Å². The Hall–Kier alpha value is -2.38. The van der Waals surface area contributed by atoms with Gasteiger partial charge in [-0.15, -0.1) is 0 Å². The van der Waals surface area contributed by atoms with Gasteiger partial charge < -0.3 is 10.1 Å². The minimum atomic E-state index is -3.59. The zero-order chi connectivity index (χ0) is 22.2. The van der Waals surface area contributed by atoms with E-state index in [1.54, 1.807) is 18.2 Å². The molecule has 0 saturated carbocycles. The van der Waals surface area contributed by atoms with Crippen LogP contribution in [0.4, 0.5) is 0 Å². The highest BCUT2D eigenvalue weighted by atomic mass is 32.2. The van der Waals surface area contributed by atoms with Gasteiger partial charge in [-0.1, -0.05) is 30.2 Å². The van der Waals surface area contributed by atoms with Crippen molar-refractivity contribution in [3.63, 3.8) is 0 Å². The first kappa shape index (κ1) is 21.8. The van der Waals surface area contributed by atoms with Crippen molar-refractivity contribution in [3.05, 3.63) is 59.2 Å². The molecule has 2 heterocycles. The molecule has 1 atom stereocenters. The lowest BCUT2D eigenvalue weighted by molar-refractivity contribution is 0.0619. The molecule has 0 spiro atoms. The third kappa shape index (κ3) is 4.62. The molecule has 2 aromatic rings. The summed E-state index contributed by atoms with van der Waals surface area (Å²) in [5, 5.41) is 3.11. The summed E-state index contributed by atoms with van der Waals surface area (Å²) in [6.07, 6.45) is 3.42. The van der Waals surface area contributed by atoms with Crippen LogP contribution in [0.25, 0.3) is 0 Å². The Balaban J connectivity index is 1.59. The zero-order valence-corrected chi connectivity index (χ0v) is 19.2. The van der Waals surface area contributed by atoms with Gasteiger partial charge in [0.25, 0.3) is 5.91 Å². The Labute approximate surface area is 184 Å². The summed E-state index contributed by atoms with van der Waals surface area (Å²) < 4.78 is 33.6. The van der Waals surface area contributed by atoms with Gasteiger partial charge in [-0.3, -0.25) is 4.79 Å². The maximum atomic E-state index is 13.1. The number of carbonyl (C=O) groups excluding carboxylic acids is 1. The highest BCUT2D eigenvalue weighted by Gasteiger charge is 2.35. The van der Waals surface area contributed by atoms with E-state index in [1.165, 1.54) is 10.4 Å². The monoisotopic (exact) mass is 442 g/mol. The summed E-state index contributed by atoms with van der Waals surface area (Å²) in [6, 6.07) is 12.1. The van der Waals surface area contributed by atoms with Crippen LogP contribution in [0.5, 0.6) is 5.75 Å². The molecule has 2 aliphatic heterocycles. The molecule has 2 aromatic carbocycles. The van der Waals surface area contributed by atoms with Crippen LogP contribution in [0, 0.1) is 6.92 Å². The van der Waals surface area contributed by atoms with Gasteiger partial charge in [0, 0.05) is 30.6 Å². The summed E-state index contributed by atoms with van der Waals surface area (Å²) in [6.45, 7) is 7.08. The van der Waals surface area contributed by atoms with Gasteiger partial charge in [-0.05, 0) is 57.9 Å². The second-order valence-corrected chi connectivity index (χ2v) is 11.1. The van der Waals surface area contributed by atoms with Crippen LogP contribution in [0.1, 0.15) is 67.1 Å². The van der Waals surface area contributed by atoms with Gasteiger partial charge in [0.1, 0.15) is 11.4 Å². The van der Waals surface area contributed by atoms with Gasteiger partial charge in [0.05, 0.1) is 10.9 Å². The summed E-state index contributed by atoms with van der Waals surface area (Å²) in [4.78, 5) is 13.3. The number of ether oxygens (including phenoxy) is 1. The number of nitrogens with zero attached hydrogens (tertiary/aromatic N) is 1. The van der Waals surface area contributed by atoms with Gasteiger partial charge in [0.15, 0.2) is 0 Å². The van der Waals surface area contributed by atoms with Crippen molar-refractivity contribution in [1.29, 1.82) is 0 Å². The van der Waals surface area contributed by atoms with E-state index in [9.17, 15) is 13.2 Å². The molecule has 0 unspecified atom stereocenters. The van der Waals surface area contributed by atoms with E-state index in [0.717, 1.165) is 36.1 Å². The Morgan fingerprint density at radius 2 is 1.84 bits per heavy atom. The average molecular weight is 443 g/mol. The Bertz CT molecular complexity index is 1090. The molecule has 31 heavy (non-hydrogen) atoms. The molecular formula is C24H30N2O4S. The van der Waals surface area contributed by atoms with Crippen molar-refractivity contribution in [3.8, 4) is 5.75 Å². The standard InChI is InChI=1S/C24H30N2O4S/c1-17-10-11-22-20(14-17)21(16-24(2,3)30-22)25-23(27)18-8-7-9-19(15-18)31(28,29)26-12-5-4-6-13-26/h7-11,14-15,21H,4-6,12-13,16H2,1-3H3,(H,25,27)/t21-/m1/s1. The van der Waals surface area contributed by atoms with Crippen LogP contribution in [0.2, 0.25) is 0 Å². The second-order valence-electron chi connectivity index (χ2n) is 9.13. The molecule has 166 valence electrons. The van der Waals surface area contributed by atoms with E-state index in [4.69, 9.17) is 4.74 Å². The number of aryl methyl sites for hydroxylation is 1. The van der Waals surface area contributed by atoms with E-state index in [0.29, 0.717) is 25.1 Å². The molecule has 0 bridgehead atoms. The van der Waals surface area contributed by atoms with Crippen molar-refractivity contribution < 1.29 is 17.9 Å². The number of carbonyl (C=O) groups is 1. The van der Waals surface area contributed by atoms with Gasteiger partial charge in [-0.25, -0.2) is 8.42 Å². The molecule has 1 amide bonds. The summed E-state index contributed by atoms with van der Waals surface area (Å²) >= 11 is 0. The van der Waals surface area contributed by atoms with Crippen LogP contribution >= 0.6 is 0 Å². The Morgan fingerprint density at radius 1 is 1.10 bits per heavy atom. The molecule has 2 aliphatic rings. The molecule has 1 saturated heterocycles. The number of nitrogens with one attached hydrogen (secondary N) is 1. The lowest BCUT2D eigenvalue weighted by atomic mass is 9.88. The summed E-state index contributed by atoms with van der Waals surface area (Å²) in [5.74, 6) is 0.486. The predicted octanol–water partition coefficient (Wildman–Crippen LogP) is 4.20. The first-order chi connectivity index (χ1) is 14.7. The van der Waals surface area contributed by atoms with Gasteiger partial charge >= 0.3 is 0 Å². The number of hydrogen-bond donors (Lipinski definition) is 1. The SMILES string of the molecule is Cc1ccc2c(c1)[C@H](NC(=O)c1cccc(S(=O)(=O)N3CCCCC3)c1)CC(C)(C)O2. The molecule has 0 radical (unpaired) electrons. The fourth-order valence-electron chi connectivity index (χ4n) is 4.40. The maximum Gasteiger partial charge on any atom is 0.251 e. The molecule has 0 aliphatic carbocycles. The smallest absolute Gasteiger partial charge is 0.251 e. The number of sulfonamides is 1. The Kier molecular flexibility index (Phi) is 5.83. The third-order valence-electron chi connectivity index (χ3n) is 5.98. The minimum Gasteiger partial charge on any atom is -0.487 e. The predicted molar refractivity (Wildman–Crippen MR) is 120 cm³/mol. The van der Waals surface area contributed by atoms with Crippen molar-refractivity contribution in [2.24, 2.45) is 0 Å². The fourth-order valence-corrected chi connectivity index (χ4v) is 5.96. The second kappa shape index (κ2) is 8.28. The number of piperidine rings is 1. The lowest BCUT2D eigenvalue weighted by Gasteiger charge is -2.38.